The number of nitrogens with zero attached hydrogens (tertiary/aromatic N) is 2. The van der Waals surface area contributed by atoms with Crippen molar-refractivity contribution < 1.29 is 0 Å². The molecule has 2 heteroatoms. The standard InChI is InChI=1S/C19H28N2.2C7H8/c1-9-13-17-15(11-3)20(8)16(12-4)18(14-10-2)21(17)19(5,6)7;2*1-7-5-3-2-4-6-7/h9-14H,1,4H2,2-3,5-8H3;2*2-6H,1H3/b14-10-,15-11+,17-13+;;. The molecule has 0 unspecified atom stereocenters. The summed E-state index contributed by atoms with van der Waals surface area (Å²) in [6.07, 6.45) is 12.2. The maximum absolute atomic E-state index is 4.00. The molecule has 3 rings (SSSR count). The Kier molecular flexibility index (Phi) is 12.4. The SMILES string of the molecule is C=C/C=C1\C(=C/C)N(C)C(C=C)=C(/C=C\C)N1C(C)(C)C.Cc1ccccc1.Cc1ccccc1. The number of hydrogen-bond donors (Lipinski definition) is 0. The summed E-state index contributed by atoms with van der Waals surface area (Å²) in [5, 5.41) is 0. The Morgan fingerprint density at radius 3 is 1.51 bits per heavy atom. The van der Waals surface area contributed by atoms with Crippen molar-refractivity contribution in [2.45, 2.75) is 54.0 Å². The molecule has 1 aliphatic heterocycles. The summed E-state index contributed by atoms with van der Waals surface area (Å²) in [4.78, 5) is 4.53. The molecule has 2 nitrogen and oxygen atoms in total. The fraction of sp³-hybridized carbons (Fsp3) is 0.273. The highest BCUT2D eigenvalue weighted by molar-refractivity contribution is 5.48. The molecular weight excluding hydrogens is 424 g/mol. The smallest absolute Gasteiger partial charge is 0.0654 e. The van der Waals surface area contributed by atoms with Crippen LogP contribution in [0.2, 0.25) is 0 Å². The van der Waals surface area contributed by atoms with Gasteiger partial charge in [-0.2, -0.15) is 0 Å². The van der Waals surface area contributed by atoms with Crippen molar-refractivity contribution in [3.8, 4) is 0 Å². The van der Waals surface area contributed by atoms with Crippen LogP contribution >= 0.6 is 0 Å². The van der Waals surface area contributed by atoms with Crippen molar-refractivity contribution in [3.05, 3.63) is 144 Å². The van der Waals surface area contributed by atoms with Crippen molar-refractivity contribution in [1.29, 1.82) is 0 Å². The fourth-order valence-corrected chi connectivity index (χ4v) is 3.80. The van der Waals surface area contributed by atoms with Crippen molar-refractivity contribution in [2.24, 2.45) is 0 Å². The van der Waals surface area contributed by atoms with Crippen LogP contribution in [0, 0.1) is 13.8 Å². The number of allylic oxidation sites excluding steroid dienone is 6. The number of aryl methyl sites for hydroxylation is 2. The van der Waals surface area contributed by atoms with Crippen LogP contribution in [0.15, 0.2) is 133 Å². The van der Waals surface area contributed by atoms with Gasteiger partial charge < -0.3 is 9.80 Å². The van der Waals surface area contributed by atoms with E-state index in [4.69, 9.17) is 0 Å². The van der Waals surface area contributed by atoms with Crippen LogP contribution < -0.4 is 0 Å². The van der Waals surface area contributed by atoms with Gasteiger partial charge in [0.2, 0.25) is 0 Å². The van der Waals surface area contributed by atoms with Gasteiger partial charge >= 0.3 is 0 Å². The third kappa shape index (κ3) is 8.98. The average Bonchev–Trinajstić information content (AvgIpc) is 2.81. The van der Waals surface area contributed by atoms with Gasteiger partial charge in [0.25, 0.3) is 0 Å². The molecule has 35 heavy (non-hydrogen) atoms. The first-order valence-electron chi connectivity index (χ1n) is 12.2. The molecule has 1 heterocycles. The first kappa shape index (κ1) is 29.5. The predicted molar refractivity (Wildman–Crippen MR) is 156 cm³/mol. The molecule has 0 fully saturated rings. The van der Waals surface area contributed by atoms with E-state index >= 15 is 0 Å². The first-order valence-corrected chi connectivity index (χ1v) is 12.2. The highest BCUT2D eigenvalue weighted by Gasteiger charge is 2.34. The van der Waals surface area contributed by atoms with E-state index in [-0.39, 0.29) is 5.54 Å². The maximum atomic E-state index is 4.00. The lowest BCUT2D eigenvalue weighted by Crippen LogP contribution is -2.45. The average molecular weight is 469 g/mol. The molecule has 2 aromatic carbocycles. The quantitative estimate of drug-likeness (QED) is 0.443. The van der Waals surface area contributed by atoms with Crippen molar-refractivity contribution in [3.63, 3.8) is 0 Å². The van der Waals surface area contributed by atoms with Crippen molar-refractivity contribution in [1.82, 2.24) is 9.80 Å². The molecule has 186 valence electrons. The molecule has 1 aliphatic rings. The fourth-order valence-electron chi connectivity index (χ4n) is 3.80. The summed E-state index contributed by atoms with van der Waals surface area (Å²) in [6.45, 7) is 22.8. The second-order valence-electron chi connectivity index (χ2n) is 9.31. The van der Waals surface area contributed by atoms with E-state index < -0.39 is 0 Å². The summed E-state index contributed by atoms with van der Waals surface area (Å²) in [5.74, 6) is 0. The summed E-state index contributed by atoms with van der Waals surface area (Å²) in [7, 11) is 2.08. The summed E-state index contributed by atoms with van der Waals surface area (Å²) in [5.41, 5.74) is 7.17. The zero-order valence-corrected chi connectivity index (χ0v) is 23.0. The number of hydrogen-bond acceptors (Lipinski definition) is 2. The first-order chi connectivity index (χ1) is 16.6. The summed E-state index contributed by atoms with van der Waals surface area (Å²) >= 11 is 0. The van der Waals surface area contributed by atoms with E-state index in [2.05, 4.69) is 120 Å². The van der Waals surface area contributed by atoms with Gasteiger partial charge in [-0.15, -0.1) is 0 Å². The Balaban J connectivity index is 0.000000350. The molecule has 0 saturated heterocycles. The second-order valence-corrected chi connectivity index (χ2v) is 9.31. The maximum Gasteiger partial charge on any atom is 0.0654 e. The molecule has 0 amide bonds. The van der Waals surface area contributed by atoms with Gasteiger partial charge in [0, 0.05) is 12.6 Å². The zero-order valence-electron chi connectivity index (χ0n) is 23.0. The molecule has 0 aliphatic carbocycles. The largest absolute Gasteiger partial charge is 0.342 e. The van der Waals surface area contributed by atoms with E-state index in [1.54, 1.807) is 0 Å². The molecule has 0 spiro atoms. The van der Waals surface area contributed by atoms with E-state index in [9.17, 15) is 0 Å². The summed E-state index contributed by atoms with van der Waals surface area (Å²) < 4.78 is 0. The van der Waals surface area contributed by atoms with Crippen LogP contribution in [0.1, 0.15) is 45.7 Å². The topological polar surface area (TPSA) is 6.48 Å². The lowest BCUT2D eigenvalue weighted by Gasteiger charge is -2.47. The summed E-state index contributed by atoms with van der Waals surface area (Å²) in [6, 6.07) is 20.5. The van der Waals surface area contributed by atoms with Gasteiger partial charge in [-0.3, -0.25) is 0 Å². The Labute approximate surface area is 215 Å². The molecule has 0 N–H and O–H groups in total. The number of rotatable bonds is 3. The van der Waals surface area contributed by atoms with Crippen LogP contribution in [-0.4, -0.2) is 22.4 Å². The zero-order chi connectivity index (χ0) is 26.4. The predicted octanol–water partition coefficient (Wildman–Crippen LogP) is 8.97. The van der Waals surface area contributed by atoms with Gasteiger partial charge in [-0.25, -0.2) is 0 Å². The molecule has 0 bridgehead atoms. The molecule has 0 radical (unpaired) electrons. The van der Waals surface area contributed by atoms with Crippen LogP contribution in [0.3, 0.4) is 0 Å². The third-order valence-corrected chi connectivity index (χ3v) is 5.35. The van der Waals surface area contributed by atoms with Crippen LogP contribution in [0.25, 0.3) is 0 Å². The minimum absolute atomic E-state index is 0.0481. The Morgan fingerprint density at radius 2 is 1.23 bits per heavy atom. The van der Waals surface area contributed by atoms with E-state index in [1.165, 1.54) is 11.1 Å². The van der Waals surface area contributed by atoms with Crippen molar-refractivity contribution >= 4 is 0 Å². The van der Waals surface area contributed by atoms with Crippen LogP contribution in [0.4, 0.5) is 0 Å². The van der Waals surface area contributed by atoms with Gasteiger partial charge in [0.15, 0.2) is 0 Å². The minimum atomic E-state index is -0.0481. The highest BCUT2D eigenvalue weighted by atomic mass is 15.3. The molecule has 0 aromatic heterocycles. The van der Waals surface area contributed by atoms with Crippen LogP contribution in [-0.2, 0) is 0 Å². The number of likely N-dealkylation sites (N-methyl/N-ethyl adjacent to an activating group) is 1. The third-order valence-electron chi connectivity index (χ3n) is 5.35. The molecular formula is C33H44N2. The second kappa shape index (κ2) is 14.7. The Morgan fingerprint density at radius 1 is 0.743 bits per heavy atom. The van der Waals surface area contributed by atoms with Crippen molar-refractivity contribution in [2.75, 3.05) is 7.05 Å². The minimum Gasteiger partial charge on any atom is -0.342 e. The van der Waals surface area contributed by atoms with Crippen LogP contribution in [0.5, 0.6) is 0 Å². The van der Waals surface area contributed by atoms with Gasteiger partial charge in [0.1, 0.15) is 0 Å². The van der Waals surface area contributed by atoms with E-state index in [0.29, 0.717) is 0 Å². The van der Waals surface area contributed by atoms with E-state index in [1.807, 2.05) is 55.5 Å². The Bertz CT molecular complexity index is 1010. The van der Waals surface area contributed by atoms with Gasteiger partial charge in [-0.05, 0) is 66.7 Å². The lowest BCUT2D eigenvalue weighted by molar-refractivity contribution is 0.219. The monoisotopic (exact) mass is 468 g/mol. The lowest BCUT2D eigenvalue weighted by atomic mass is 9.97. The normalized spacial score (nSPS) is 16.0. The highest BCUT2D eigenvalue weighted by Crippen LogP contribution is 2.39. The number of benzene rings is 2. The van der Waals surface area contributed by atoms with Gasteiger partial charge in [0.05, 0.1) is 22.8 Å². The van der Waals surface area contributed by atoms with E-state index in [0.717, 1.165) is 22.8 Å². The molecule has 0 atom stereocenters. The molecule has 2 aromatic rings. The Hall–Kier alpha value is -3.52. The molecule has 0 saturated carbocycles. The van der Waals surface area contributed by atoms with Gasteiger partial charge in [-0.1, -0.05) is 103 Å².